The van der Waals surface area contributed by atoms with E-state index in [4.69, 9.17) is 9.84 Å². The molecule has 0 radical (unpaired) electrons. The summed E-state index contributed by atoms with van der Waals surface area (Å²) in [4.78, 5) is 10.8. The molecule has 0 saturated heterocycles. The monoisotopic (exact) mass is 382 g/mol. The van der Waals surface area contributed by atoms with E-state index in [2.05, 4.69) is 4.74 Å². The number of ether oxygens (including phenoxy) is 2. The Hall–Kier alpha value is -2.74. The number of carboxylic acids is 1. The van der Waals surface area contributed by atoms with Gasteiger partial charge < -0.3 is 19.7 Å². The van der Waals surface area contributed by atoms with Crippen molar-refractivity contribution >= 4 is 5.97 Å². The molecule has 2 unspecified atom stereocenters. The molecule has 0 bridgehead atoms. The minimum absolute atomic E-state index is 0.00508. The van der Waals surface area contributed by atoms with Gasteiger partial charge in [-0.2, -0.15) is 0 Å². The summed E-state index contributed by atoms with van der Waals surface area (Å²) in [6, 6.07) is 10.6. The molecule has 1 aliphatic rings. The Morgan fingerprint density at radius 3 is 2.33 bits per heavy atom. The van der Waals surface area contributed by atoms with Crippen molar-refractivity contribution in [3.63, 3.8) is 0 Å². The highest BCUT2D eigenvalue weighted by atomic mass is 19.4. The van der Waals surface area contributed by atoms with Gasteiger partial charge in [0.25, 0.3) is 0 Å². The first-order valence-corrected chi connectivity index (χ1v) is 8.22. The number of benzene rings is 2. The fraction of sp³-hybridized carbons (Fsp3) is 0.316. The van der Waals surface area contributed by atoms with Crippen LogP contribution in [0.25, 0.3) is 11.1 Å². The zero-order chi connectivity index (χ0) is 19.6. The molecule has 0 aromatic heterocycles. The maximum atomic E-state index is 12.5. The summed E-state index contributed by atoms with van der Waals surface area (Å²) in [5.41, 5.74) is 1.38. The lowest BCUT2D eigenvalue weighted by molar-refractivity contribution is -0.274. The smallest absolute Gasteiger partial charge is 0.493 e. The zero-order valence-corrected chi connectivity index (χ0v) is 14.1. The quantitative estimate of drug-likeness (QED) is 0.761. The van der Waals surface area contributed by atoms with Crippen LogP contribution in [0.15, 0.2) is 42.5 Å². The van der Waals surface area contributed by atoms with Crippen molar-refractivity contribution in [2.24, 2.45) is 11.8 Å². The van der Waals surface area contributed by atoms with Gasteiger partial charge in [-0.15, -0.1) is 13.2 Å². The van der Waals surface area contributed by atoms with Crippen LogP contribution < -0.4 is 9.47 Å². The number of aliphatic hydroxyl groups excluding tert-OH is 1. The van der Waals surface area contributed by atoms with Gasteiger partial charge in [-0.25, -0.2) is 0 Å². The Balaban J connectivity index is 1.70. The summed E-state index contributed by atoms with van der Waals surface area (Å²) in [7, 11) is 0. The molecule has 3 rings (SSSR count). The highest BCUT2D eigenvalue weighted by Crippen LogP contribution is 2.39. The second-order valence-corrected chi connectivity index (χ2v) is 6.35. The molecule has 2 atom stereocenters. The molecular weight excluding hydrogens is 365 g/mol. The van der Waals surface area contributed by atoms with Gasteiger partial charge in [-0.3, -0.25) is 4.79 Å². The van der Waals surface area contributed by atoms with Gasteiger partial charge in [-0.05, 0) is 53.4 Å². The Labute approximate surface area is 153 Å². The molecule has 2 N–H and O–H groups in total. The van der Waals surface area contributed by atoms with E-state index in [9.17, 15) is 23.1 Å². The minimum Gasteiger partial charge on any atom is -0.493 e. The average molecular weight is 382 g/mol. The standard InChI is InChI=1S/C19H17F3O5/c20-19(21,22)27-16-6-11(9-23)5-13(7-16)12-1-3-15(4-2-12)26-10-14-8-17(14)18(24)25/h1-7,14,17,23H,8-10H2,(H,24,25). The Bertz CT molecular complexity index is 817. The number of rotatable bonds is 7. The molecule has 2 aromatic rings. The lowest BCUT2D eigenvalue weighted by atomic mass is 10.0. The normalized spacial score (nSPS) is 18.8. The van der Waals surface area contributed by atoms with Gasteiger partial charge >= 0.3 is 12.3 Å². The number of aliphatic hydroxyl groups is 1. The predicted octanol–water partition coefficient (Wildman–Crippen LogP) is 3.84. The Morgan fingerprint density at radius 2 is 1.78 bits per heavy atom. The highest BCUT2D eigenvalue weighted by molar-refractivity contribution is 5.73. The molecule has 8 heteroatoms. The van der Waals surface area contributed by atoms with Crippen molar-refractivity contribution in [3.8, 4) is 22.6 Å². The first-order valence-electron chi connectivity index (χ1n) is 8.22. The van der Waals surface area contributed by atoms with Gasteiger partial charge in [0, 0.05) is 5.92 Å². The predicted molar refractivity (Wildman–Crippen MR) is 89.2 cm³/mol. The first-order chi connectivity index (χ1) is 12.7. The molecular formula is C19H17F3O5. The third kappa shape index (κ3) is 5.13. The topological polar surface area (TPSA) is 76.0 Å². The maximum absolute atomic E-state index is 12.5. The summed E-state index contributed by atoms with van der Waals surface area (Å²) in [6.45, 7) is -0.116. The van der Waals surface area contributed by atoms with Crippen molar-refractivity contribution < 1.29 is 37.7 Å². The molecule has 5 nitrogen and oxygen atoms in total. The SMILES string of the molecule is O=C(O)C1CC1COc1ccc(-c2cc(CO)cc(OC(F)(F)F)c2)cc1. The van der Waals surface area contributed by atoms with E-state index < -0.39 is 24.7 Å². The summed E-state index contributed by atoms with van der Waals surface area (Å²) >= 11 is 0. The summed E-state index contributed by atoms with van der Waals surface area (Å²) in [6.07, 6.45) is -4.22. The number of carbonyl (C=O) groups is 1. The molecule has 2 aromatic carbocycles. The van der Waals surface area contributed by atoms with E-state index in [1.807, 2.05) is 0 Å². The van der Waals surface area contributed by atoms with E-state index >= 15 is 0 Å². The van der Waals surface area contributed by atoms with Crippen LogP contribution in [0.4, 0.5) is 13.2 Å². The molecule has 27 heavy (non-hydrogen) atoms. The van der Waals surface area contributed by atoms with Gasteiger partial charge in [0.2, 0.25) is 0 Å². The van der Waals surface area contributed by atoms with Gasteiger partial charge in [0.1, 0.15) is 11.5 Å². The van der Waals surface area contributed by atoms with Crippen LogP contribution in [0.2, 0.25) is 0 Å². The molecule has 0 heterocycles. The fourth-order valence-electron chi connectivity index (χ4n) is 2.79. The third-order valence-corrected chi connectivity index (χ3v) is 4.27. The van der Waals surface area contributed by atoms with Crippen molar-refractivity contribution in [1.82, 2.24) is 0 Å². The summed E-state index contributed by atoms with van der Waals surface area (Å²) in [5, 5.41) is 18.1. The highest BCUT2D eigenvalue weighted by Gasteiger charge is 2.43. The van der Waals surface area contributed by atoms with Crippen molar-refractivity contribution in [1.29, 1.82) is 0 Å². The fourth-order valence-corrected chi connectivity index (χ4v) is 2.79. The summed E-state index contributed by atoms with van der Waals surface area (Å²) < 4.78 is 46.9. The molecule has 144 valence electrons. The van der Waals surface area contributed by atoms with Crippen LogP contribution in [-0.4, -0.2) is 29.2 Å². The van der Waals surface area contributed by atoms with Crippen molar-refractivity contribution in [2.45, 2.75) is 19.4 Å². The van der Waals surface area contributed by atoms with Crippen LogP contribution in [0.3, 0.4) is 0 Å². The second-order valence-electron chi connectivity index (χ2n) is 6.35. The molecule has 0 aliphatic heterocycles. The van der Waals surface area contributed by atoms with Crippen LogP contribution >= 0.6 is 0 Å². The second kappa shape index (κ2) is 7.48. The number of alkyl halides is 3. The van der Waals surface area contributed by atoms with Gasteiger partial charge in [0.05, 0.1) is 19.1 Å². The first kappa shape index (κ1) is 19.0. The minimum atomic E-state index is -4.82. The van der Waals surface area contributed by atoms with Crippen molar-refractivity contribution in [3.05, 3.63) is 48.0 Å². The van der Waals surface area contributed by atoms with E-state index in [0.717, 1.165) is 6.07 Å². The molecule has 1 saturated carbocycles. The molecule has 1 aliphatic carbocycles. The van der Waals surface area contributed by atoms with Crippen LogP contribution in [-0.2, 0) is 11.4 Å². The van der Waals surface area contributed by atoms with Crippen molar-refractivity contribution in [2.75, 3.05) is 6.61 Å². The van der Waals surface area contributed by atoms with Crippen LogP contribution in [0.1, 0.15) is 12.0 Å². The average Bonchev–Trinajstić information content (AvgIpc) is 3.38. The summed E-state index contributed by atoms with van der Waals surface area (Å²) in [5.74, 6) is -1.03. The molecule has 0 amide bonds. The maximum Gasteiger partial charge on any atom is 0.573 e. The van der Waals surface area contributed by atoms with E-state index in [1.54, 1.807) is 30.3 Å². The number of hydrogen-bond donors (Lipinski definition) is 2. The molecule has 0 spiro atoms. The zero-order valence-electron chi connectivity index (χ0n) is 14.1. The van der Waals surface area contributed by atoms with E-state index in [1.165, 1.54) is 6.07 Å². The Kier molecular flexibility index (Phi) is 5.27. The van der Waals surface area contributed by atoms with Gasteiger partial charge in [-0.1, -0.05) is 12.1 Å². The van der Waals surface area contributed by atoms with Crippen LogP contribution in [0, 0.1) is 11.8 Å². The third-order valence-electron chi connectivity index (χ3n) is 4.27. The van der Waals surface area contributed by atoms with E-state index in [0.29, 0.717) is 35.5 Å². The number of aliphatic carboxylic acids is 1. The van der Waals surface area contributed by atoms with Gasteiger partial charge in [0.15, 0.2) is 0 Å². The number of carboxylic acid groups (broad SMARTS) is 1. The Morgan fingerprint density at radius 1 is 1.07 bits per heavy atom. The van der Waals surface area contributed by atoms with Crippen LogP contribution in [0.5, 0.6) is 11.5 Å². The lowest BCUT2D eigenvalue weighted by Crippen LogP contribution is -2.17. The number of halogens is 3. The lowest BCUT2D eigenvalue weighted by Gasteiger charge is -2.12. The van der Waals surface area contributed by atoms with E-state index in [-0.39, 0.29) is 11.8 Å². The number of hydrogen-bond acceptors (Lipinski definition) is 4. The largest absolute Gasteiger partial charge is 0.573 e. The molecule has 1 fully saturated rings.